The predicted molar refractivity (Wildman–Crippen MR) is 112 cm³/mol. The highest BCUT2D eigenvalue weighted by molar-refractivity contribution is 7.14. The number of amides is 1. The molecule has 0 bridgehead atoms. The zero-order valence-corrected chi connectivity index (χ0v) is 16.6. The Morgan fingerprint density at radius 1 is 1.41 bits per heavy atom. The van der Waals surface area contributed by atoms with E-state index in [0.29, 0.717) is 17.4 Å². The number of furan rings is 1. The summed E-state index contributed by atoms with van der Waals surface area (Å²) in [5, 5.41) is 16.3. The van der Waals surface area contributed by atoms with Crippen molar-refractivity contribution in [2.45, 2.75) is 13.0 Å². The number of anilines is 1. The number of nitrogens with zero attached hydrogens (tertiary/aromatic N) is 3. The fourth-order valence-corrected chi connectivity index (χ4v) is 3.52. The number of rotatable bonds is 9. The third kappa shape index (κ3) is 4.95. The first-order valence-corrected chi connectivity index (χ1v) is 9.76. The van der Waals surface area contributed by atoms with Gasteiger partial charge in [0.15, 0.2) is 5.13 Å². The smallest absolute Gasteiger partial charge is 0.269 e. The summed E-state index contributed by atoms with van der Waals surface area (Å²) < 4.78 is 5.34. The molecular weight excluding hydrogens is 392 g/mol. The van der Waals surface area contributed by atoms with Crippen molar-refractivity contribution in [3.05, 3.63) is 76.6 Å². The molecule has 0 aliphatic rings. The molecule has 0 saturated heterocycles. The van der Waals surface area contributed by atoms with Crippen molar-refractivity contribution in [2.24, 2.45) is 0 Å². The van der Waals surface area contributed by atoms with E-state index in [1.54, 1.807) is 35.4 Å². The molecule has 0 aliphatic heterocycles. The van der Waals surface area contributed by atoms with Gasteiger partial charge in [0, 0.05) is 29.6 Å². The molecule has 1 amide bonds. The Morgan fingerprint density at radius 2 is 2.17 bits per heavy atom. The van der Waals surface area contributed by atoms with Crippen LogP contribution < -0.4 is 10.2 Å². The van der Waals surface area contributed by atoms with Gasteiger partial charge in [0.05, 0.1) is 29.5 Å². The van der Waals surface area contributed by atoms with E-state index >= 15 is 0 Å². The summed E-state index contributed by atoms with van der Waals surface area (Å²) in [5.41, 5.74) is 1.41. The van der Waals surface area contributed by atoms with E-state index in [0.717, 1.165) is 11.3 Å². The highest BCUT2D eigenvalue weighted by atomic mass is 32.1. The number of hydrogen-bond acceptors (Lipinski definition) is 7. The molecule has 2 heterocycles. The van der Waals surface area contributed by atoms with Crippen LogP contribution in [0.2, 0.25) is 0 Å². The number of aromatic nitrogens is 1. The SMILES string of the molecule is C=CCN(C(=O)CN[C@@H](C)c1ccco1)c1nc(-c2ccc([N+](=O)[O-])cc2)cs1. The number of nitro benzene ring substituents is 1. The molecule has 0 spiro atoms. The first-order valence-electron chi connectivity index (χ1n) is 8.88. The van der Waals surface area contributed by atoms with Crippen LogP contribution in [0.4, 0.5) is 10.8 Å². The van der Waals surface area contributed by atoms with E-state index in [9.17, 15) is 14.9 Å². The third-order valence-corrected chi connectivity index (χ3v) is 5.10. The quantitative estimate of drug-likeness (QED) is 0.321. The summed E-state index contributed by atoms with van der Waals surface area (Å²) in [6, 6.07) is 9.69. The van der Waals surface area contributed by atoms with E-state index in [4.69, 9.17) is 4.42 Å². The van der Waals surface area contributed by atoms with Crippen LogP contribution in [0.1, 0.15) is 18.7 Å². The van der Waals surface area contributed by atoms with Gasteiger partial charge in [0.2, 0.25) is 5.91 Å². The van der Waals surface area contributed by atoms with Crippen molar-refractivity contribution in [3.63, 3.8) is 0 Å². The van der Waals surface area contributed by atoms with Gasteiger partial charge < -0.3 is 4.42 Å². The van der Waals surface area contributed by atoms with Crippen LogP contribution in [-0.2, 0) is 4.79 Å². The van der Waals surface area contributed by atoms with Crippen molar-refractivity contribution >= 4 is 28.1 Å². The van der Waals surface area contributed by atoms with Gasteiger partial charge in [-0.3, -0.25) is 25.1 Å². The minimum atomic E-state index is -0.447. The zero-order chi connectivity index (χ0) is 20.8. The monoisotopic (exact) mass is 412 g/mol. The molecule has 150 valence electrons. The topological polar surface area (TPSA) is 102 Å². The lowest BCUT2D eigenvalue weighted by Crippen LogP contribution is -2.39. The summed E-state index contributed by atoms with van der Waals surface area (Å²) in [5.74, 6) is 0.607. The Balaban J connectivity index is 1.71. The summed E-state index contributed by atoms with van der Waals surface area (Å²) in [7, 11) is 0. The lowest BCUT2D eigenvalue weighted by molar-refractivity contribution is -0.384. The summed E-state index contributed by atoms with van der Waals surface area (Å²) in [6.07, 6.45) is 3.23. The Morgan fingerprint density at radius 3 is 2.79 bits per heavy atom. The van der Waals surface area contributed by atoms with E-state index in [1.165, 1.54) is 23.5 Å². The van der Waals surface area contributed by atoms with Crippen molar-refractivity contribution in [1.82, 2.24) is 10.3 Å². The molecule has 29 heavy (non-hydrogen) atoms. The van der Waals surface area contributed by atoms with Crippen LogP contribution in [0.25, 0.3) is 11.3 Å². The van der Waals surface area contributed by atoms with Crippen molar-refractivity contribution in [1.29, 1.82) is 0 Å². The second-order valence-corrected chi connectivity index (χ2v) is 7.07. The molecule has 9 heteroatoms. The van der Waals surface area contributed by atoms with E-state index in [2.05, 4.69) is 16.9 Å². The minimum absolute atomic E-state index is 0.0180. The Hall–Kier alpha value is -3.30. The number of benzene rings is 1. The van der Waals surface area contributed by atoms with Crippen LogP contribution in [0, 0.1) is 10.1 Å². The van der Waals surface area contributed by atoms with Crippen molar-refractivity contribution in [3.8, 4) is 11.3 Å². The maximum Gasteiger partial charge on any atom is 0.269 e. The first kappa shape index (κ1) is 20.4. The largest absolute Gasteiger partial charge is 0.468 e. The van der Waals surface area contributed by atoms with Crippen LogP contribution in [0.15, 0.2) is 65.1 Å². The predicted octanol–water partition coefficient (Wildman–Crippen LogP) is 4.18. The van der Waals surface area contributed by atoms with Gasteiger partial charge in [0.25, 0.3) is 5.69 Å². The second kappa shape index (κ2) is 9.26. The molecule has 1 N–H and O–H groups in total. The molecule has 3 aromatic rings. The highest BCUT2D eigenvalue weighted by Crippen LogP contribution is 2.28. The molecular formula is C20H20N4O4S. The standard InChI is InChI=1S/C20H20N4O4S/c1-3-10-23(19(25)12-21-14(2)18-5-4-11-28-18)20-22-17(13-29-20)15-6-8-16(9-7-15)24(26)27/h3-9,11,13-14,21H,1,10,12H2,2H3/t14-/m0/s1. The molecule has 0 fully saturated rings. The van der Waals surface area contributed by atoms with E-state index in [1.807, 2.05) is 18.4 Å². The second-order valence-electron chi connectivity index (χ2n) is 6.23. The van der Waals surface area contributed by atoms with Gasteiger partial charge in [-0.1, -0.05) is 6.08 Å². The number of thiazole rings is 1. The number of hydrogen-bond donors (Lipinski definition) is 1. The third-order valence-electron chi connectivity index (χ3n) is 4.24. The summed E-state index contributed by atoms with van der Waals surface area (Å²) in [6.45, 7) is 6.07. The number of carbonyl (C=O) groups excluding carboxylic acids is 1. The normalized spacial score (nSPS) is 11.8. The fraction of sp³-hybridized carbons (Fsp3) is 0.200. The zero-order valence-electron chi connectivity index (χ0n) is 15.8. The van der Waals surface area contributed by atoms with Gasteiger partial charge in [-0.05, 0) is 31.2 Å². The van der Waals surface area contributed by atoms with Crippen LogP contribution in [0.3, 0.4) is 0 Å². The van der Waals surface area contributed by atoms with E-state index in [-0.39, 0.29) is 24.2 Å². The van der Waals surface area contributed by atoms with Gasteiger partial charge in [-0.15, -0.1) is 17.9 Å². The number of nitrogens with one attached hydrogen (secondary N) is 1. The van der Waals surface area contributed by atoms with Gasteiger partial charge >= 0.3 is 0 Å². The van der Waals surface area contributed by atoms with Gasteiger partial charge in [-0.25, -0.2) is 4.98 Å². The molecule has 1 atom stereocenters. The van der Waals surface area contributed by atoms with Crippen LogP contribution in [-0.4, -0.2) is 28.9 Å². The highest BCUT2D eigenvalue weighted by Gasteiger charge is 2.20. The molecule has 1 aromatic carbocycles. The molecule has 0 aliphatic carbocycles. The number of non-ortho nitro benzene ring substituents is 1. The molecule has 8 nitrogen and oxygen atoms in total. The Kier molecular flexibility index (Phi) is 6.53. The van der Waals surface area contributed by atoms with E-state index < -0.39 is 4.92 Å². The molecule has 0 unspecified atom stereocenters. The van der Waals surface area contributed by atoms with Gasteiger partial charge in [0.1, 0.15) is 5.76 Å². The average molecular weight is 412 g/mol. The lowest BCUT2D eigenvalue weighted by Gasteiger charge is -2.19. The Bertz CT molecular complexity index is 982. The van der Waals surface area contributed by atoms with Crippen LogP contribution in [0.5, 0.6) is 0 Å². The fourth-order valence-electron chi connectivity index (χ4n) is 2.66. The molecule has 3 rings (SSSR count). The average Bonchev–Trinajstić information content (AvgIpc) is 3.42. The van der Waals surface area contributed by atoms with Gasteiger partial charge in [-0.2, -0.15) is 0 Å². The number of carbonyl (C=O) groups is 1. The van der Waals surface area contributed by atoms with Crippen LogP contribution >= 0.6 is 11.3 Å². The molecule has 2 aromatic heterocycles. The molecule has 0 saturated carbocycles. The maximum absolute atomic E-state index is 12.7. The van der Waals surface area contributed by atoms with Crippen molar-refractivity contribution < 1.29 is 14.1 Å². The summed E-state index contributed by atoms with van der Waals surface area (Å²) in [4.78, 5) is 29.2. The summed E-state index contributed by atoms with van der Waals surface area (Å²) >= 11 is 1.33. The van der Waals surface area contributed by atoms with Crippen molar-refractivity contribution in [2.75, 3.05) is 18.0 Å². The Labute approximate surface area is 171 Å². The lowest BCUT2D eigenvalue weighted by atomic mass is 10.1. The molecule has 0 radical (unpaired) electrons. The maximum atomic E-state index is 12.7. The minimum Gasteiger partial charge on any atom is -0.468 e. The number of nitro groups is 1. The first-order chi connectivity index (χ1) is 14.0.